The summed E-state index contributed by atoms with van der Waals surface area (Å²) in [6.07, 6.45) is 3.09. The fourth-order valence-corrected chi connectivity index (χ4v) is 4.02. The van der Waals surface area contributed by atoms with E-state index in [2.05, 4.69) is 5.32 Å². The molecule has 7 heteroatoms. The summed E-state index contributed by atoms with van der Waals surface area (Å²) in [5.41, 5.74) is 0. The van der Waals surface area contributed by atoms with Crippen LogP contribution in [0.3, 0.4) is 0 Å². The number of piperidine rings is 1. The molecule has 1 heterocycles. The van der Waals surface area contributed by atoms with Crippen LogP contribution in [0, 0.1) is 11.6 Å². The third kappa shape index (κ3) is 3.78. The monoisotopic (exact) mass is 318 g/mol. The van der Waals surface area contributed by atoms with Crippen molar-refractivity contribution in [2.75, 3.05) is 19.6 Å². The van der Waals surface area contributed by atoms with Crippen molar-refractivity contribution in [1.29, 1.82) is 0 Å². The number of hydrogen-bond donors (Lipinski definition) is 1. The number of benzene rings is 1. The van der Waals surface area contributed by atoms with Crippen LogP contribution < -0.4 is 5.32 Å². The zero-order chi connectivity index (χ0) is 15.5. The van der Waals surface area contributed by atoms with Crippen LogP contribution in [0.2, 0.25) is 0 Å². The molecule has 1 aliphatic heterocycles. The summed E-state index contributed by atoms with van der Waals surface area (Å²) in [7, 11) is -3.80. The largest absolute Gasteiger partial charge is 0.313 e. The first-order chi connectivity index (χ1) is 9.95. The van der Waals surface area contributed by atoms with Crippen molar-refractivity contribution in [2.24, 2.45) is 0 Å². The number of hydrogen-bond acceptors (Lipinski definition) is 3. The Kier molecular flexibility index (Phi) is 5.29. The van der Waals surface area contributed by atoms with Crippen LogP contribution >= 0.6 is 0 Å². The van der Waals surface area contributed by atoms with E-state index >= 15 is 0 Å². The van der Waals surface area contributed by atoms with Gasteiger partial charge < -0.3 is 5.32 Å². The Morgan fingerprint density at radius 1 is 1.29 bits per heavy atom. The Labute approximate surface area is 124 Å². The fourth-order valence-electron chi connectivity index (χ4n) is 2.51. The predicted molar refractivity (Wildman–Crippen MR) is 76.4 cm³/mol. The zero-order valence-corrected chi connectivity index (χ0v) is 12.8. The minimum absolute atomic E-state index is 0.110. The number of nitrogens with one attached hydrogen (secondary N) is 1. The van der Waals surface area contributed by atoms with Gasteiger partial charge in [-0.05, 0) is 37.6 Å². The molecule has 0 bridgehead atoms. The molecule has 0 amide bonds. The van der Waals surface area contributed by atoms with E-state index in [1.165, 1.54) is 4.31 Å². The molecular formula is C14H20F2N2O2S. The van der Waals surface area contributed by atoms with Gasteiger partial charge in [0, 0.05) is 19.1 Å². The number of likely N-dealkylation sites (N-methyl/N-ethyl adjacent to an activating group) is 1. The zero-order valence-electron chi connectivity index (χ0n) is 12.0. The Morgan fingerprint density at radius 2 is 2.05 bits per heavy atom. The summed E-state index contributed by atoms with van der Waals surface area (Å²) in [6.45, 7) is 3.25. The molecule has 1 fully saturated rings. The second-order valence-electron chi connectivity index (χ2n) is 5.18. The molecule has 1 saturated heterocycles. The van der Waals surface area contributed by atoms with Crippen molar-refractivity contribution in [2.45, 2.75) is 37.1 Å². The van der Waals surface area contributed by atoms with E-state index in [0.29, 0.717) is 13.1 Å². The normalized spacial score (nSPS) is 19.9. The lowest BCUT2D eigenvalue weighted by Gasteiger charge is -2.29. The van der Waals surface area contributed by atoms with Gasteiger partial charge in [0.15, 0.2) is 11.6 Å². The Hall–Kier alpha value is -1.05. The molecule has 1 unspecified atom stereocenters. The standard InChI is InChI=1S/C14H20F2N2O2S/c1-2-18(10-11-5-3-4-8-17-11)21(19,20)12-6-7-13(15)14(16)9-12/h6-7,9,11,17H,2-5,8,10H2,1H3. The van der Waals surface area contributed by atoms with Crippen molar-refractivity contribution >= 4 is 10.0 Å². The number of rotatable bonds is 5. The minimum Gasteiger partial charge on any atom is -0.313 e. The maximum atomic E-state index is 13.3. The first-order valence-corrected chi connectivity index (χ1v) is 8.57. The lowest BCUT2D eigenvalue weighted by molar-refractivity contribution is 0.319. The maximum absolute atomic E-state index is 13.3. The van der Waals surface area contributed by atoms with Gasteiger partial charge in [-0.25, -0.2) is 17.2 Å². The first kappa shape index (κ1) is 16.3. The van der Waals surface area contributed by atoms with Crippen LogP contribution in [0.4, 0.5) is 8.78 Å². The second kappa shape index (κ2) is 6.81. The van der Waals surface area contributed by atoms with Crippen molar-refractivity contribution in [3.05, 3.63) is 29.8 Å². The van der Waals surface area contributed by atoms with Crippen molar-refractivity contribution < 1.29 is 17.2 Å². The Morgan fingerprint density at radius 3 is 2.62 bits per heavy atom. The lowest BCUT2D eigenvalue weighted by atomic mass is 10.1. The van der Waals surface area contributed by atoms with Crippen LogP contribution in [-0.2, 0) is 10.0 Å². The highest BCUT2D eigenvalue weighted by atomic mass is 32.2. The topological polar surface area (TPSA) is 49.4 Å². The Balaban J connectivity index is 2.19. The molecule has 4 nitrogen and oxygen atoms in total. The summed E-state index contributed by atoms with van der Waals surface area (Å²) < 4.78 is 52.5. The van der Waals surface area contributed by atoms with Crippen LogP contribution in [0.15, 0.2) is 23.1 Å². The number of sulfonamides is 1. The van der Waals surface area contributed by atoms with Crippen LogP contribution in [0.1, 0.15) is 26.2 Å². The highest BCUT2D eigenvalue weighted by Gasteiger charge is 2.27. The molecule has 1 aromatic carbocycles. The van der Waals surface area contributed by atoms with E-state index in [4.69, 9.17) is 0 Å². The average molecular weight is 318 g/mol. The van der Waals surface area contributed by atoms with Gasteiger partial charge in [-0.2, -0.15) is 4.31 Å². The van der Waals surface area contributed by atoms with Crippen LogP contribution in [0.5, 0.6) is 0 Å². The predicted octanol–water partition coefficient (Wildman–Crippen LogP) is 2.12. The molecule has 0 spiro atoms. The van der Waals surface area contributed by atoms with Gasteiger partial charge in [-0.1, -0.05) is 13.3 Å². The van der Waals surface area contributed by atoms with Crippen molar-refractivity contribution in [3.8, 4) is 0 Å². The van der Waals surface area contributed by atoms with Crippen molar-refractivity contribution in [3.63, 3.8) is 0 Å². The second-order valence-corrected chi connectivity index (χ2v) is 7.12. The Bertz CT molecular complexity index is 587. The highest BCUT2D eigenvalue weighted by molar-refractivity contribution is 7.89. The van der Waals surface area contributed by atoms with E-state index in [9.17, 15) is 17.2 Å². The molecule has 2 rings (SSSR count). The van der Waals surface area contributed by atoms with Gasteiger partial charge in [-0.15, -0.1) is 0 Å². The molecule has 1 aromatic rings. The van der Waals surface area contributed by atoms with Gasteiger partial charge in [0.2, 0.25) is 10.0 Å². The summed E-state index contributed by atoms with van der Waals surface area (Å²) in [6, 6.07) is 2.79. The highest BCUT2D eigenvalue weighted by Crippen LogP contribution is 2.20. The molecule has 0 radical (unpaired) electrons. The van der Waals surface area contributed by atoms with Gasteiger partial charge >= 0.3 is 0 Å². The molecule has 0 aromatic heterocycles. The third-order valence-corrected chi connectivity index (χ3v) is 5.65. The first-order valence-electron chi connectivity index (χ1n) is 7.13. The van der Waals surface area contributed by atoms with Crippen molar-refractivity contribution in [1.82, 2.24) is 9.62 Å². The van der Waals surface area contributed by atoms with E-state index < -0.39 is 21.7 Å². The molecule has 0 aliphatic carbocycles. The molecule has 1 atom stereocenters. The smallest absolute Gasteiger partial charge is 0.243 e. The summed E-state index contributed by atoms with van der Waals surface area (Å²) in [4.78, 5) is -0.209. The fraction of sp³-hybridized carbons (Fsp3) is 0.571. The van der Waals surface area contributed by atoms with Gasteiger partial charge in [-0.3, -0.25) is 0 Å². The SMILES string of the molecule is CCN(CC1CCCCN1)S(=O)(=O)c1ccc(F)c(F)c1. The van der Waals surface area contributed by atoms with E-state index in [1.807, 2.05) is 0 Å². The number of nitrogens with zero attached hydrogens (tertiary/aromatic N) is 1. The summed E-state index contributed by atoms with van der Waals surface area (Å²) in [5.74, 6) is -2.20. The quantitative estimate of drug-likeness (QED) is 0.905. The molecular weight excluding hydrogens is 298 g/mol. The van der Waals surface area contributed by atoms with E-state index in [0.717, 1.165) is 44.0 Å². The van der Waals surface area contributed by atoms with Crippen LogP contribution in [0.25, 0.3) is 0 Å². The lowest BCUT2D eigenvalue weighted by Crippen LogP contribution is -2.45. The van der Waals surface area contributed by atoms with E-state index in [1.54, 1.807) is 6.92 Å². The van der Waals surface area contributed by atoms with Gasteiger partial charge in [0.05, 0.1) is 4.90 Å². The number of halogens is 2. The molecule has 1 aliphatic rings. The van der Waals surface area contributed by atoms with Gasteiger partial charge in [0.1, 0.15) is 0 Å². The molecule has 118 valence electrons. The molecule has 21 heavy (non-hydrogen) atoms. The van der Waals surface area contributed by atoms with E-state index in [-0.39, 0.29) is 10.9 Å². The summed E-state index contributed by atoms with van der Waals surface area (Å²) in [5, 5.41) is 3.29. The van der Waals surface area contributed by atoms with Crippen LogP contribution in [-0.4, -0.2) is 38.4 Å². The summed E-state index contributed by atoms with van der Waals surface area (Å²) >= 11 is 0. The maximum Gasteiger partial charge on any atom is 0.243 e. The molecule has 1 N–H and O–H groups in total. The average Bonchev–Trinajstić information content (AvgIpc) is 2.48. The minimum atomic E-state index is -3.80. The molecule has 0 saturated carbocycles. The third-order valence-electron chi connectivity index (χ3n) is 3.72. The van der Waals surface area contributed by atoms with Gasteiger partial charge in [0.25, 0.3) is 0 Å².